The van der Waals surface area contributed by atoms with Crippen molar-refractivity contribution in [2.75, 3.05) is 11.9 Å². The number of carbonyl (C=O) groups excluding carboxylic acids is 1. The smallest absolute Gasteiger partial charge is 0.256 e. The maximum absolute atomic E-state index is 12.1. The third-order valence-electron chi connectivity index (χ3n) is 3.73. The van der Waals surface area contributed by atoms with E-state index in [0.717, 1.165) is 28.8 Å². The van der Waals surface area contributed by atoms with Crippen LogP contribution < -0.4 is 10.6 Å². The number of hydrogen-bond acceptors (Lipinski definition) is 4. The molecule has 0 bridgehead atoms. The van der Waals surface area contributed by atoms with E-state index < -0.39 is 0 Å². The number of imidazole rings is 1. The molecule has 1 amide bonds. The maximum Gasteiger partial charge on any atom is 0.256 e. The molecule has 2 aromatic carbocycles. The summed E-state index contributed by atoms with van der Waals surface area (Å²) in [5.74, 6) is -0.272. The number of anilines is 1. The number of H-pyrrole nitrogens is 1. The molecule has 138 valence electrons. The Labute approximate surface area is 170 Å². The zero-order valence-corrected chi connectivity index (χ0v) is 16.6. The first-order chi connectivity index (χ1) is 13.1. The van der Waals surface area contributed by atoms with Crippen LogP contribution >= 0.6 is 27.5 Å². The molecule has 1 heterocycles. The summed E-state index contributed by atoms with van der Waals surface area (Å²) in [5, 5.41) is 6.50. The zero-order valence-electron chi connectivity index (χ0n) is 14.2. The minimum atomic E-state index is -0.272. The SMILES string of the molecule is O=C(NC=Nc1cccc(NCCc2cnc[nH]2)c1Br)c1cccc(Cl)c1. The Morgan fingerprint density at radius 3 is 2.93 bits per heavy atom. The van der Waals surface area contributed by atoms with Crippen molar-refractivity contribution in [3.63, 3.8) is 0 Å². The third-order valence-corrected chi connectivity index (χ3v) is 4.80. The van der Waals surface area contributed by atoms with Gasteiger partial charge in [-0.05, 0) is 46.3 Å². The molecule has 27 heavy (non-hydrogen) atoms. The Balaban J connectivity index is 1.59. The first kappa shape index (κ1) is 19.1. The van der Waals surface area contributed by atoms with Crippen molar-refractivity contribution in [1.82, 2.24) is 15.3 Å². The standard InChI is InChI=1S/C19H17BrClN5O/c20-18-16(23-8-7-15-10-22-11-24-15)5-2-6-17(18)25-12-26-19(27)13-3-1-4-14(21)9-13/h1-6,9-12,23H,7-8H2,(H,22,24)(H,25,26,27). The number of amides is 1. The van der Waals surface area contributed by atoms with Gasteiger partial charge in [-0.2, -0.15) is 0 Å². The molecule has 0 aliphatic heterocycles. The number of hydrogen-bond donors (Lipinski definition) is 3. The molecule has 1 aromatic heterocycles. The van der Waals surface area contributed by atoms with E-state index in [4.69, 9.17) is 11.6 Å². The predicted octanol–water partition coefficient (Wildman–Crippen LogP) is 4.57. The largest absolute Gasteiger partial charge is 0.384 e. The predicted molar refractivity (Wildman–Crippen MR) is 112 cm³/mol. The van der Waals surface area contributed by atoms with Gasteiger partial charge in [0.1, 0.15) is 0 Å². The van der Waals surface area contributed by atoms with Gasteiger partial charge in [0.25, 0.3) is 5.91 Å². The lowest BCUT2D eigenvalue weighted by molar-refractivity contribution is 0.0978. The molecule has 3 N–H and O–H groups in total. The first-order valence-corrected chi connectivity index (χ1v) is 9.39. The van der Waals surface area contributed by atoms with Gasteiger partial charge in [-0.15, -0.1) is 0 Å². The third kappa shape index (κ3) is 5.42. The Kier molecular flexibility index (Phi) is 6.62. The summed E-state index contributed by atoms with van der Waals surface area (Å²) in [7, 11) is 0. The van der Waals surface area contributed by atoms with Crippen LogP contribution in [0.3, 0.4) is 0 Å². The summed E-state index contributed by atoms with van der Waals surface area (Å²) in [5.41, 5.74) is 3.16. The topological polar surface area (TPSA) is 82.2 Å². The van der Waals surface area contributed by atoms with Crippen LogP contribution in [0.25, 0.3) is 0 Å². The van der Waals surface area contributed by atoms with Gasteiger partial charge in [-0.3, -0.25) is 4.79 Å². The van der Waals surface area contributed by atoms with Crippen LogP contribution in [0.1, 0.15) is 16.1 Å². The van der Waals surface area contributed by atoms with Crippen LogP contribution in [0.15, 0.2) is 64.5 Å². The lowest BCUT2D eigenvalue weighted by Crippen LogP contribution is -2.21. The highest BCUT2D eigenvalue weighted by Gasteiger charge is 2.06. The molecular weight excluding hydrogens is 430 g/mol. The number of aliphatic imine (C=N–C) groups is 1. The molecule has 8 heteroatoms. The first-order valence-electron chi connectivity index (χ1n) is 8.22. The average Bonchev–Trinajstić information content (AvgIpc) is 3.18. The van der Waals surface area contributed by atoms with Crippen LogP contribution in [-0.4, -0.2) is 28.8 Å². The second-order valence-electron chi connectivity index (χ2n) is 5.63. The molecule has 0 saturated heterocycles. The quantitative estimate of drug-likeness (QED) is 0.367. The zero-order chi connectivity index (χ0) is 19.1. The lowest BCUT2D eigenvalue weighted by Gasteiger charge is -2.09. The summed E-state index contributed by atoms with van der Waals surface area (Å²) in [4.78, 5) is 23.5. The van der Waals surface area contributed by atoms with E-state index >= 15 is 0 Å². The van der Waals surface area contributed by atoms with Crippen molar-refractivity contribution in [2.45, 2.75) is 6.42 Å². The molecule has 3 aromatic rings. The fourth-order valence-electron chi connectivity index (χ4n) is 2.38. The molecule has 0 radical (unpaired) electrons. The maximum atomic E-state index is 12.1. The highest BCUT2D eigenvalue weighted by atomic mass is 79.9. The number of benzene rings is 2. The van der Waals surface area contributed by atoms with Gasteiger partial charge < -0.3 is 15.6 Å². The number of nitrogens with zero attached hydrogens (tertiary/aromatic N) is 2. The van der Waals surface area contributed by atoms with Crippen molar-refractivity contribution in [3.8, 4) is 0 Å². The Morgan fingerprint density at radius 2 is 2.15 bits per heavy atom. The molecule has 0 atom stereocenters. The van der Waals surface area contributed by atoms with Crippen molar-refractivity contribution in [1.29, 1.82) is 0 Å². The van der Waals surface area contributed by atoms with E-state index in [-0.39, 0.29) is 5.91 Å². The van der Waals surface area contributed by atoms with E-state index in [9.17, 15) is 4.79 Å². The number of rotatable bonds is 7. The van der Waals surface area contributed by atoms with Gasteiger partial charge in [0.05, 0.1) is 28.5 Å². The summed E-state index contributed by atoms with van der Waals surface area (Å²) in [6, 6.07) is 12.4. The fraction of sp³-hybridized carbons (Fsp3) is 0.105. The molecule has 0 aliphatic rings. The lowest BCUT2D eigenvalue weighted by atomic mass is 10.2. The fourth-order valence-corrected chi connectivity index (χ4v) is 3.08. The van der Waals surface area contributed by atoms with Crippen molar-refractivity contribution in [2.24, 2.45) is 4.99 Å². The number of carbonyl (C=O) groups is 1. The van der Waals surface area contributed by atoms with Gasteiger partial charge >= 0.3 is 0 Å². The normalized spacial score (nSPS) is 10.9. The van der Waals surface area contributed by atoms with Crippen LogP contribution in [0.2, 0.25) is 5.02 Å². The Bertz CT molecular complexity index is 943. The Morgan fingerprint density at radius 1 is 1.30 bits per heavy atom. The number of nitrogens with one attached hydrogen (secondary N) is 3. The van der Waals surface area contributed by atoms with Gasteiger partial charge in [-0.1, -0.05) is 23.7 Å². The molecule has 6 nitrogen and oxygen atoms in total. The molecule has 0 aliphatic carbocycles. The summed E-state index contributed by atoms with van der Waals surface area (Å²) in [6.07, 6.45) is 5.67. The minimum Gasteiger partial charge on any atom is -0.384 e. The molecule has 0 spiro atoms. The van der Waals surface area contributed by atoms with E-state index in [1.807, 2.05) is 18.2 Å². The number of aromatic nitrogens is 2. The summed E-state index contributed by atoms with van der Waals surface area (Å²) >= 11 is 9.45. The van der Waals surface area contributed by atoms with E-state index in [1.165, 1.54) is 6.34 Å². The highest BCUT2D eigenvalue weighted by molar-refractivity contribution is 9.10. The van der Waals surface area contributed by atoms with Crippen LogP contribution in [0.4, 0.5) is 11.4 Å². The van der Waals surface area contributed by atoms with E-state index in [2.05, 4.69) is 41.5 Å². The molecule has 3 rings (SSSR count). The highest BCUT2D eigenvalue weighted by Crippen LogP contribution is 2.32. The van der Waals surface area contributed by atoms with Crippen LogP contribution in [-0.2, 0) is 6.42 Å². The number of aromatic amines is 1. The van der Waals surface area contributed by atoms with Gasteiger partial charge in [0.2, 0.25) is 0 Å². The molecule has 0 fully saturated rings. The second kappa shape index (κ2) is 9.34. The van der Waals surface area contributed by atoms with E-state index in [0.29, 0.717) is 16.3 Å². The van der Waals surface area contributed by atoms with Crippen molar-refractivity contribution >= 4 is 51.2 Å². The van der Waals surface area contributed by atoms with Gasteiger partial charge in [0.15, 0.2) is 0 Å². The van der Waals surface area contributed by atoms with Gasteiger partial charge in [-0.25, -0.2) is 9.98 Å². The molecular formula is C19H17BrClN5O. The van der Waals surface area contributed by atoms with Crippen molar-refractivity contribution in [3.05, 3.63) is 75.7 Å². The molecule has 0 saturated carbocycles. The average molecular weight is 447 g/mol. The Hall–Kier alpha value is -2.64. The van der Waals surface area contributed by atoms with E-state index in [1.54, 1.807) is 36.8 Å². The summed E-state index contributed by atoms with van der Waals surface area (Å²) in [6.45, 7) is 0.749. The van der Waals surface area contributed by atoms with Crippen LogP contribution in [0, 0.1) is 0 Å². The molecule has 0 unspecified atom stereocenters. The monoisotopic (exact) mass is 445 g/mol. The number of halogens is 2. The minimum absolute atomic E-state index is 0.272. The summed E-state index contributed by atoms with van der Waals surface area (Å²) < 4.78 is 0.822. The van der Waals surface area contributed by atoms with Crippen LogP contribution in [0.5, 0.6) is 0 Å². The second-order valence-corrected chi connectivity index (χ2v) is 6.86. The van der Waals surface area contributed by atoms with Gasteiger partial charge in [0, 0.05) is 35.4 Å². The van der Waals surface area contributed by atoms with Crippen molar-refractivity contribution < 1.29 is 4.79 Å².